The molecule has 4 aromatic rings. The molecule has 5 heterocycles. The molecule has 2 aliphatic rings. The van der Waals surface area contributed by atoms with Gasteiger partial charge in [0, 0.05) is 81.0 Å². The predicted octanol–water partition coefficient (Wildman–Crippen LogP) is 2.82. The van der Waals surface area contributed by atoms with Crippen LogP contribution in [0.15, 0.2) is 48.9 Å². The fourth-order valence-electron chi connectivity index (χ4n) is 5.30. The predicted molar refractivity (Wildman–Crippen MR) is 149 cm³/mol. The van der Waals surface area contributed by atoms with E-state index in [0.717, 1.165) is 73.8 Å². The molecule has 3 aromatic heterocycles. The molecule has 0 radical (unpaired) electrons. The van der Waals surface area contributed by atoms with Crippen LogP contribution in [0.5, 0.6) is 0 Å². The van der Waals surface area contributed by atoms with Gasteiger partial charge in [0.25, 0.3) is 0 Å². The molecular weight excluding hydrogens is 478 g/mol. The van der Waals surface area contributed by atoms with E-state index in [0.29, 0.717) is 19.2 Å². The van der Waals surface area contributed by atoms with E-state index in [9.17, 15) is 0 Å². The van der Waals surface area contributed by atoms with E-state index in [4.69, 9.17) is 20.4 Å². The number of hydrogen-bond donors (Lipinski definition) is 1. The fraction of sp³-hybridized carbons (Fsp3) is 0.429. The minimum atomic E-state index is 0.243. The van der Waals surface area contributed by atoms with Crippen LogP contribution in [0.1, 0.15) is 18.9 Å². The van der Waals surface area contributed by atoms with Crippen molar-refractivity contribution in [1.29, 1.82) is 0 Å². The second-order valence-corrected chi connectivity index (χ2v) is 10.0. The smallest absolute Gasteiger partial charge is 0.228 e. The molecule has 0 atom stereocenters. The molecular formula is C28H35N9O. The Morgan fingerprint density at radius 2 is 1.58 bits per heavy atom. The largest absolute Gasteiger partial charge is 0.378 e. The van der Waals surface area contributed by atoms with Gasteiger partial charge in [-0.2, -0.15) is 4.98 Å². The van der Waals surface area contributed by atoms with Crippen LogP contribution < -0.4 is 10.6 Å². The van der Waals surface area contributed by atoms with Crippen LogP contribution in [0, 0.1) is 0 Å². The van der Waals surface area contributed by atoms with Gasteiger partial charge in [-0.1, -0.05) is 19.1 Å². The van der Waals surface area contributed by atoms with Crippen molar-refractivity contribution in [3.63, 3.8) is 0 Å². The highest BCUT2D eigenvalue weighted by Crippen LogP contribution is 2.30. The number of ether oxygens (including phenoxy) is 1. The Kier molecular flexibility index (Phi) is 7.17. The van der Waals surface area contributed by atoms with Crippen molar-refractivity contribution < 1.29 is 4.74 Å². The number of hydrogen-bond acceptors (Lipinski definition) is 9. The zero-order valence-corrected chi connectivity index (χ0v) is 22.0. The molecule has 198 valence electrons. The molecule has 0 amide bonds. The Morgan fingerprint density at radius 1 is 0.868 bits per heavy atom. The highest BCUT2D eigenvalue weighted by Gasteiger charge is 2.20. The Hall–Kier alpha value is -3.60. The number of anilines is 2. The second-order valence-electron chi connectivity index (χ2n) is 10.0. The van der Waals surface area contributed by atoms with Gasteiger partial charge in [-0.15, -0.1) is 0 Å². The maximum Gasteiger partial charge on any atom is 0.228 e. The maximum absolute atomic E-state index is 5.75. The summed E-state index contributed by atoms with van der Waals surface area (Å²) in [6.45, 7) is 11.9. The van der Waals surface area contributed by atoms with Gasteiger partial charge in [0.05, 0.1) is 18.9 Å². The van der Waals surface area contributed by atoms with Crippen molar-refractivity contribution in [2.24, 2.45) is 0 Å². The minimum Gasteiger partial charge on any atom is -0.378 e. The van der Waals surface area contributed by atoms with Gasteiger partial charge in [-0.25, -0.2) is 15.0 Å². The Balaban J connectivity index is 1.29. The summed E-state index contributed by atoms with van der Waals surface area (Å²) in [5.74, 6) is 0.930. The summed E-state index contributed by atoms with van der Waals surface area (Å²) in [4.78, 5) is 25.7. The van der Waals surface area contributed by atoms with Crippen molar-refractivity contribution in [2.45, 2.75) is 19.9 Å². The van der Waals surface area contributed by atoms with Crippen molar-refractivity contribution >= 4 is 22.9 Å². The van der Waals surface area contributed by atoms with Crippen LogP contribution in [0.4, 0.5) is 11.9 Å². The zero-order valence-electron chi connectivity index (χ0n) is 22.0. The van der Waals surface area contributed by atoms with Crippen molar-refractivity contribution in [2.75, 3.05) is 69.7 Å². The Morgan fingerprint density at radius 3 is 2.29 bits per heavy atom. The molecule has 38 heavy (non-hydrogen) atoms. The third-order valence-corrected chi connectivity index (χ3v) is 7.40. The summed E-state index contributed by atoms with van der Waals surface area (Å²) < 4.78 is 7.69. The molecule has 0 spiro atoms. The average Bonchev–Trinajstić information content (AvgIpc) is 3.39. The summed E-state index contributed by atoms with van der Waals surface area (Å²) in [5, 5.41) is 0.949. The van der Waals surface area contributed by atoms with Gasteiger partial charge in [0.1, 0.15) is 0 Å². The van der Waals surface area contributed by atoms with Gasteiger partial charge in [0.2, 0.25) is 11.9 Å². The van der Waals surface area contributed by atoms with Crippen molar-refractivity contribution in [1.82, 2.24) is 34.3 Å². The summed E-state index contributed by atoms with van der Waals surface area (Å²) >= 11 is 0. The van der Waals surface area contributed by atoms with E-state index in [-0.39, 0.29) is 5.95 Å². The summed E-state index contributed by atoms with van der Waals surface area (Å²) in [6, 6.07) is 10.9. The lowest BCUT2D eigenvalue weighted by molar-refractivity contribution is 0.122. The minimum absolute atomic E-state index is 0.243. The molecule has 1 aromatic carbocycles. The molecule has 6 rings (SSSR count). The molecule has 2 aliphatic heterocycles. The molecule has 2 N–H and O–H groups in total. The van der Waals surface area contributed by atoms with Crippen LogP contribution in [0.2, 0.25) is 0 Å². The number of piperazine rings is 1. The van der Waals surface area contributed by atoms with Crippen LogP contribution in [-0.4, -0.2) is 93.3 Å². The maximum atomic E-state index is 5.75. The Bertz CT molecular complexity index is 1360. The molecule has 10 nitrogen and oxygen atoms in total. The lowest BCUT2D eigenvalue weighted by atomic mass is 10.1. The number of rotatable bonds is 7. The van der Waals surface area contributed by atoms with Crippen LogP contribution in [0.25, 0.3) is 28.0 Å². The SMILES string of the molecule is CCCN1CCN(Cc2ccc(-n3ccc4c(-c5cnc(N)nc5)nc(N5CCOCC5)nc43)cc2)CC1. The topological polar surface area (TPSA) is 101 Å². The summed E-state index contributed by atoms with van der Waals surface area (Å²) in [6.07, 6.45) is 6.73. The van der Waals surface area contributed by atoms with E-state index in [1.807, 2.05) is 0 Å². The van der Waals surface area contributed by atoms with Crippen molar-refractivity contribution in [3.8, 4) is 16.9 Å². The first-order valence-electron chi connectivity index (χ1n) is 13.5. The van der Waals surface area contributed by atoms with E-state index in [1.165, 1.54) is 18.5 Å². The molecule has 0 saturated carbocycles. The fourth-order valence-corrected chi connectivity index (χ4v) is 5.30. The third-order valence-electron chi connectivity index (χ3n) is 7.40. The number of aromatic nitrogens is 5. The normalized spacial score (nSPS) is 17.3. The summed E-state index contributed by atoms with van der Waals surface area (Å²) in [7, 11) is 0. The molecule has 0 unspecified atom stereocenters. The summed E-state index contributed by atoms with van der Waals surface area (Å²) in [5.41, 5.74) is 10.6. The third kappa shape index (κ3) is 5.20. The van der Waals surface area contributed by atoms with E-state index in [1.54, 1.807) is 12.4 Å². The van der Waals surface area contributed by atoms with Gasteiger partial charge in [0.15, 0.2) is 5.65 Å². The van der Waals surface area contributed by atoms with Crippen molar-refractivity contribution in [3.05, 3.63) is 54.5 Å². The average molecular weight is 514 g/mol. The van der Waals surface area contributed by atoms with Crippen LogP contribution in [0.3, 0.4) is 0 Å². The highest BCUT2D eigenvalue weighted by molar-refractivity contribution is 5.92. The highest BCUT2D eigenvalue weighted by atomic mass is 16.5. The number of morpholine rings is 1. The molecule has 2 fully saturated rings. The van der Waals surface area contributed by atoms with Gasteiger partial charge in [-0.05, 0) is 36.7 Å². The van der Waals surface area contributed by atoms with Crippen LogP contribution in [-0.2, 0) is 11.3 Å². The second kappa shape index (κ2) is 11.0. The molecule has 0 aliphatic carbocycles. The van der Waals surface area contributed by atoms with Gasteiger partial charge >= 0.3 is 0 Å². The van der Waals surface area contributed by atoms with Gasteiger partial charge < -0.3 is 24.8 Å². The Labute approximate surface area is 223 Å². The monoisotopic (exact) mass is 513 g/mol. The lowest BCUT2D eigenvalue weighted by Crippen LogP contribution is -2.45. The van der Waals surface area contributed by atoms with E-state index in [2.05, 4.69) is 72.7 Å². The molecule has 10 heteroatoms. The first kappa shape index (κ1) is 24.7. The molecule has 0 bridgehead atoms. The van der Waals surface area contributed by atoms with Gasteiger partial charge in [-0.3, -0.25) is 4.90 Å². The first-order chi connectivity index (χ1) is 18.7. The zero-order chi connectivity index (χ0) is 25.9. The standard InChI is InChI=1S/C28H35N9O/c1-2-8-34-10-12-35(13-11-34)20-21-3-5-23(6-4-21)37-9-7-24-25(22-18-30-27(29)31-19-22)32-28(33-26(24)37)36-14-16-38-17-15-36/h3-7,9,18-19H,2,8,10-17,20H2,1H3,(H2,29,30,31). The van der Waals surface area contributed by atoms with E-state index < -0.39 is 0 Å². The first-order valence-corrected chi connectivity index (χ1v) is 13.5. The number of fused-ring (bicyclic) bond motifs is 1. The van der Waals surface area contributed by atoms with E-state index >= 15 is 0 Å². The van der Waals surface area contributed by atoms with Crippen LogP contribution >= 0.6 is 0 Å². The number of benzene rings is 1. The number of nitrogen functional groups attached to an aromatic ring is 1. The molecule has 2 saturated heterocycles. The number of nitrogens with two attached hydrogens (primary N) is 1. The quantitative estimate of drug-likeness (QED) is 0.400. The number of nitrogens with zero attached hydrogens (tertiary/aromatic N) is 8. The lowest BCUT2D eigenvalue weighted by Gasteiger charge is -2.34.